The number of hydrogen-bond acceptors (Lipinski definition) is 7. The average molecular weight is 598 g/mol. The first kappa shape index (κ1) is 30.7. The van der Waals surface area contributed by atoms with Gasteiger partial charge in [-0.15, -0.1) is 11.3 Å². The van der Waals surface area contributed by atoms with Crippen molar-refractivity contribution in [2.45, 2.75) is 64.2 Å². The van der Waals surface area contributed by atoms with E-state index in [2.05, 4.69) is 16.6 Å². The summed E-state index contributed by atoms with van der Waals surface area (Å²) in [5.41, 5.74) is 2.12. The molecule has 0 saturated carbocycles. The molecule has 0 bridgehead atoms. The van der Waals surface area contributed by atoms with Crippen LogP contribution in [0.2, 0.25) is 0 Å². The number of aromatic nitrogens is 2. The van der Waals surface area contributed by atoms with Crippen LogP contribution in [0.25, 0.3) is 5.70 Å². The number of aliphatic hydroxyl groups is 2. The molecule has 5 rings (SSSR count). The molecule has 12 heteroatoms. The van der Waals surface area contributed by atoms with E-state index in [1.54, 1.807) is 12.3 Å². The summed E-state index contributed by atoms with van der Waals surface area (Å²) in [7, 11) is 1.94. The summed E-state index contributed by atoms with van der Waals surface area (Å²) in [6.45, 7) is 9.41. The van der Waals surface area contributed by atoms with Crippen molar-refractivity contribution >= 4 is 31.8 Å². The van der Waals surface area contributed by atoms with E-state index in [0.717, 1.165) is 54.0 Å². The lowest BCUT2D eigenvalue weighted by atomic mass is 9.85. The minimum absolute atomic E-state index is 0.0731. The Hall–Kier alpha value is -2.30. The van der Waals surface area contributed by atoms with Gasteiger partial charge in [-0.1, -0.05) is 22.7 Å². The van der Waals surface area contributed by atoms with Gasteiger partial charge in [0.1, 0.15) is 34.8 Å². The van der Waals surface area contributed by atoms with Crippen molar-refractivity contribution in [3.63, 3.8) is 0 Å². The van der Waals surface area contributed by atoms with Crippen LogP contribution in [0.4, 0.5) is 13.2 Å². The molecular weight excluding hydrogens is 562 g/mol. The van der Waals surface area contributed by atoms with E-state index in [1.165, 1.54) is 29.0 Å². The quantitative estimate of drug-likeness (QED) is 0.328. The zero-order chi connectivity index (χ0) is 29.2. The topological polar surface area (TPSA) is 87.8 Å². The summed E-state index contributed by atoms with van der Waals surface area (Å²) in [6.07, 6.45) is 4.97. The van der Waals surface area contributed by atoms with Crippen LogP contribution in [-0.4, -0.2) is 56.2 Å². The largest absolute Gasteiger partial charge is 0.510 e. The molecule has 3 atom stereocenters. The highest BCUT2D eigenvalue weighted by Gasteiger charge is 2.42. The minimum atomic E-state index is -1.15. The lowest BCUT2D eigenvalue weighted by molar-refractivity contribution is -0.116. The number of aliphatic hydroxyl groups excluding tert-OH is 2. The molecule has 0 radical (unpaired) electrons. The van der Waals surface area contributed by atoms with E-state index in [-0.39, 0.29) is 34.1 Å². The highest BCUT2D eigenvalue weighted by molar-refractivity contribution is 7.40. The van der Waals surface area contributed by atoms with Gasteiger partial charge in [-0.2, -0.15) is 9.49 Å². The molecule has 2 aliphatic heterocycles. The molecule has 1 spiro atoms. The molecule has 3 aliphatic rings. The summed E-state index contributed by atoms with van der Waals surface area (Å²) in [4.78, 5) is 13.9. The second kappa shape index (κ2) is 12.7. The first-order chi connectivity index (χ1) is 18.9. The Morgan fingerprint density at radius 3 is 2.60 bits per heavy atom. The van der Waals surface area contributed by atoms with Crippen molar-refractivity contribution in [1.29, 1.82) is 0 Å². The number of aryl methyl sites for hydroxylation is 1. The van der Waals surface area contributed by atoms with Crippen LogP contribution in [0.3, 0.4) is 0 Å². The number of piperidine rings is 1. The van der Waals surface area contributed by atoms with Crippen LogP contribution < -0.4 is 0 Å². The van der Waals surface area contributed by atoms with Gasteiger partial charge in [0.05, 0.1) is 18.2 Å². The lowest BCUT2D eigenvalue weighted by Crippen LogP contribution is -2.45. The highest BCUT2D eigenvalue weighted by atomic mass is 32.1. The molecule has 1 fully saturated rings. The number of fused-ring (bicyclic) bond motifs is 2. The van der Waals surface area contributed by atoms with Gasteiger partial charge in [0.2, 0.25) is 0 Å². The molecule has 0 amide bonds. The van der Waals surface area contributed by atoms with Gasteiger partial charge in [-0.05, 0) is 50.3 Å². The molecule has 7 nitrogen and oxygen atoms in total. The number of allylic oxidation sites excluding steroid dienone is 4. The fourth-order valence-corrected chi connectivity index (χ4v) is 6.51. The minimum Gasteiger partial charge on any atom is -0.510 e. The molecule has 4 heterocycles. The molecule has 2 aromatic heterocycles. The Morgan fingerprint density at radius 2 is 2.00 bits per heavy atom. The molecule has 40 heavy (non-hydrogen) atoms. The van der Waals surface area contributed by atoms with Crippen molar-refractivity contribution in [2.24, 2.45) is 5.92 Å². The molecular formula is C28H35F3N3O4PS. The van der Waals surface area contributed by atoms with Gasteiger partial charge in [0.15, 0.2) is 10.7 Å². The maximum atomic E-state index is 14.2. The Kier molecular flexibility index (Phi) is 9.73. The lowest BCUT2D eigenvalue weighted by Gasteiger charge is -2.43. The summed E-state index contributed by atoms with van der Waals surface area (Å²) in [6, 6.07) is 1.65. The van der Waals surface area contributed by atoms with E-state index < -0.39 is 23.7 Å². The predicted octanol–water partition coefficient (Wildman–Crippen LogP) is 5.70. The fraction of sp³-hybridized carbons (Fsp3) is 0.500. The van der Waals surface area contributed by atoms with Crippen molar-refractivity contribution < 1.29 is 32.9 Å². The first-order valence-corrected chi connectivity index (χ1v) is 14.6. The number of nitrogens with zero attached hydrogens (tertiary/aromatic N) is 3. The number of hydrogen-bond donors (Lipinski definition) is 2. The number of ether oxygens (including phenoxy) is 1. The van der Waals surface area contributed by atoms with E-state index in [1.807, 2.05) is 16.2 Å². The second-order valence-electron chi connectivity index (χ2n) is 10.4. The summed E-state index contributed by atoms with van der Waals surface area (Å²) < 4.78 is 49.7. The monoisotopic (exact) mass is 597 g/mol. The number of halogens is 3. The molecule has 1 unspecified atom stereocenters. The van der Waals surface area contributed by atoms with Crippen LogP contribution in [0, 0.1) is 18.0 Å². The Bertz CT molecular complexity index is 1310. The number of likely N-dealkylation sites (tertiary alicyclic amines) is 1. The number of thiophene rings is 1. The third-order valence-electron chi connectivity index (χ3n) is 7.66. The van der Waals surface area contributed by atoms with E-state index in [9.17, 15) is 18.0 Å². The third-order valence-corrected chi connectivity index (χ3v) is 9.34. The molecule has 2 N–H and O–H groups in total. The zero-order valence-corrected chi connectivity index (χ0v) is 24.6. The normalized spacial score (nSPS) is 20.3. The third kappa shape index (κ3) is 6.60. The van der Waals surface area contributed by atoms with E-state index in [4.69, 9.17) is 14.9 Å². The SMILES string of the molecule is C=C(O)[C@H](O)[C@@H](C)C(=O)P.Cc1nn(C2=C(F)CCC=C2F)cc1CN1CCC2(CC1)OCCc1cc(F)sc12. The van der Waals surface area contributed by atoms with Crippen LogP contribution in [0.1, 0.15) is 54.3 Å². The van der Waals surface area contributed by atoms with Crippen molar-refractivity contribution in [3.8, 4) is 0 Å². The number of carbonyl (C=O) groups is 1. The van der Waals surface area contributed by atoms with Crippen molar-refractivity contribution in [2.75, 3.05) is 19.7 Å². The maximum absolute atomic E-state index is 14.2. The predicted molar refractivity (Wildman–Crippen MR) is 151 cm³/mol. The smallest absolute Gasteiger partial charge is 0.177 e. The summed E-state index contributed by atoms with van der Waals surface area (Å²) in [5.74, 6) is -2.00. The Labute approximate surface area is 238 Å². The molecule has 218 valence electrons. The van der Waals surface area contributed by atoms with Crippen LogP contribution in [-0.2, 0) is 28.1 Å². The average Bonchev–Trinajstić information content (AvgIpc) is 3.47. The van der Waals surface area contributed by atoms with Crippen LogP contribution >= 0.6 is 20.6 Å². The van der Waals surface area contributed by atoms with Gasteiger partial charge in [-0.25, -0.2) is 13.5 Å². The first-order valence-electron chi connectivity index (χ1n) is 13.2. The fourth-order valence-electron chi connectivity index (χ4n) is 5.19. The van der Waals surface area contributed by atoms with Gasteiger partial charge < -0.3 is 14.9 Å². The zero-order valence-electron chi connectivity index (χ0n) is 22.6. The number of carbonyl (C=O) groups excluding carboxylic acids is 1. The number of rotatable bonds is 6. The van der Waals surface area contributed by atoms with Crippen LogP contribution in [0.5, 0.6) is 0 Å². The Balaban J connectivity index is 0.000000318. The highest BCUT2D eigenvalue weighted by Crippen LogP contribution is 2.45. The van der Waals surface area contributed by atoms with Gasteiger partial charge in [0.25, 0.3) is 0 Å². The molecule has 1 saturated heterocycles. The standard InChI is InChI=1S/C22H24F3N3OS.C6H11O3P/c1-14-16(13-28(26-14)20-17(23)3-2-4-18(20)24)12-27-8-6-22(7-9-27)21-15(5-10-29-22)11-19(25)30-21;1-3(6(9)10)5(8)4(2)7/h3,11,13H,2,4-10,12H2,1H3;3,5,7-8H,2,10H2,1H3/t;3-,5-/m.1/s1. The van der Waals surface area contributed by atoms with Crippen LogP contribution in [0.15, 0.2) is 42.3 Å². The molecule has 0 aromatic carbocycles. The van der Waals surface area contributed by atoms with Gasteiger partial charge in [0, 0.05) is 42.7 Å². The second-order valence-corrected chi connectivity index (χ2v) is 12.0. The van der Waals surface area contributed by atoms with Crippen molar-refractivity contribution in [1.82, 2.24) is 14.7 Å². The maximum Gasteiger partial charge on any atom is 0.177 e. The van der Waals surface area contributed by atoms with E-state index in [0.29, 0.717) is 19.6 Å². The summed E-state index contributed by atoms with van der Waals surface area (Å²) in [5, 5.41) is 21.8. The summed E-state index contributed by atoms with van der Waals surface area (Å²) >= 11 is 1.22. The van der Waals surface area contributed by atoms with Gasteiger partial charge >= 0.3 is 0 Å². The van der Waals surface area contributed by atoms with E-state index >= 15 is 0 Å². The van der Waals surface area contributed by atoms with Gasteiger partial charge in [-0.3, -0.25) is 9.69 Å². The Morgan fingerprint density at radius 1 is 1.30 bits per heavy atom. The molecule has 2 aromatic rings. The molecule has 1 aliphatic carbocycles. The van der Waals surface area contributed by atoms with Crippen molar-refractivity contribution in [3.05, 3.63) is 69.2 Å².